The van der Waals surface area contributed by atoms with Crippen molar-refractivity contribution in [3.05, 3.63) is 18.2 Å². The monoisotopic (exact) mass is 278 g/mol. The number of carbonyl (C=O) groups excluding carboxylic acids is 1. The third-order valence-electron chi connectivity index (χ3n) is 4.05. The summed E-state index contributed by atoms with van der Waals surface area (Å²) in [5.74, 6) is 1.49. The van der Waals surface area contributed by atoms with Gasteiger partial charge in [0.25, 0.3) is 0 Å². The third kappa shape index (κ3) is 4.07. The number of hydrogen-bond donors (Lipinski definition) is 1. The second-order valence-electron chi connectivity index (χ2n) is 5.69. The number of carbonyl (C=O) groups is 1. The Morgan fingerprint density at radius 3 is 3.10 bits per heavy atom. The molecule has 2 heterocycles. The van der Waals surface area contributed by atoms with E-state index < -0.39 is 0 Å². The molecule has 1 amide bonds. The van der Waals surface area contributed by atoms with Crippen LogP contribution in [0.3, 0.4) is 0 Å². The Bertz CT molecular complexity index is 429. The zero-order chi connectivity index (χ0) is 14.4. The van der Waals surface area contributed by atoms with Crippen LogP contribution in [0, 0.1) is 0 Å². The standard InChI is InChI=1S/C15H26N4O/c1-2-3-9-19-11-7-17-15(19)13-5-4-8-18(12-13)10-6-14(16)20/h7,11,13H,2-6,8-10,12H2,1H3,(H2,16,20). The fraction of sp³-hybridized carbons (Fsp3) is 0.733. The summed E-state index contributed by atoms with van der Waals surface area (Å²) in [6.45, 7) is 6.11. The van der Waals surface area contributed by atoms with Crippen molar-refractivity contribution in [2.24, 2.45) is 5.73 Å². The van der Waals surface area contributed by atoms with Crippen molar-refractivity contribution in [3.8, 4) is 0 Å². The van der Waals surface area contributed by atoms with Gasteiger partial charge in [-0.05, 0) is 25.8 Å². The number of hydrogen-bond acceptors (Lipinski definition) is 3. The molecule has 0 saturated carbocycles. The highest BCUT2D eigenvalue weighted by Gasteiger charge is 2.24. The van der Waals surface area contributed by atoms with Gasteiger partial charge in [-0.1, -0.05) is 13.3 Å². The molecule has 0 aliphatic carbocycles. The summed E-state index contributed by atoms with van der Waals surface area (Å²) in [7, 11) is 0. The van der Waals surface area contributed by atoms with Gasteiger partial charge in [0.15, 0.2) is 0 Å². The van der Waals surface area contributed by atoms with E-state index in [0.29, 0.717) is 12.3 Å². The molecular weight excluding hydrogens is 252 g/mol. The molecule has 1 aromatic heterocycles. The normalized spacial score (nSPS) is 20.1. The molecule has 1 fully saturated rings. The smallest absolute Gasteiger partial charge is 0.218 e. The minimum atomic E-state index is -0.212. The number of aryl methyl sites for hydroxylation is 1. The molecule has 20 heavy (non-hydrogen) atoms. The summed E-state index contributed by atoms with van der Waals surface area (Å²) in [5.41, 5.74) is 5.24. The van der Waals surface area contributed by atoms with E-state index in [1.165, 1.54) is 31.5 Å². The summed E-state index contributed by atoms with van der Waals surface area (Å²) in [5, 5.41) is 0. The highest BCUT2D eigenvalue weighted by atomic mass is 16.1. The quantitative estimate of drug-likeness (QED) is 0.826. The lowest BCUT2D eigenvalue weighted by molar-refractivity contribution is -0.118. The van der Waals surface area contributed by atoms with Gasteiger partial charge >= 0.3 is 0 Å². The predicted molar refractivity (Wildman–Crippen MR) is 79.4 cm³/mol. The maximum atomic E-state index is 10.9. The SMILES string of the molecule is CCCCn1ccnc1C1CCCN(CCC(N)=O)C1. The van der Waals surface area contributed by atoms with Gasteiger partial charge in [-0.2, -0.15) is 0 Å². The molecule has 5 nitrogen and oxygen atoms in total. The van der Waals surface area contributed by atoms with Crippen LogP contribution in [0.25, 0.3) is 0 Å². The number of aromatic nitrogens is 2. The summed E-state index contributed by atoms with van der Waals surface area (Å²) < 4.78 is 2.30. The summed E-state index contributed by atoms with van der Waals surface area (Å²) in [6, 6.07) is 0. The van der Waals surface area contributed by atoms with Gasteiger partial charge in [0.1, 0.15) is 5.82 Å². The van der Waals surface area contributed by atoms with E-state index in [-0.39, 0.29) is 5.91 Å². The van der Waals surface area contributed by atoms with Gasteiger partial charge in [0, 0.05) is 44.4 Å². The summed E-state index contributed by atoms with van der Waals surface area (Å²) in [6.07, 6.45) is 9.21. The lowest BCUT2D eigenvalue weighted by atomic mass is 9.97. The van der Waals surface area contributed by atoms with Gasteiger partial charge in [0.05, 0.1) is 0 Å². The van der Waals surface area contributed by atoms with Crippen LogP contribution in [0.5, 0.6) is 0 Å². The molecule has 1 aliphatic heterocycles. The number of rotatable bonds is 7. The Labute approximate surface area is 121 Å². The Morgan fingerprint density at radius 1 is 1.50 bits per heavy atom. The highest BCUT2D eigenvalue weighted by molar-refractivity contribution is 5.73. The molecule has 1 unspecified atom stereocenters. The fourth-order valence-corrected chi connectivity index (χ4v) is 2.94. The molecule has 5 heteroatoms. The molecule has 2 N–H and O–H groups in total. The Hall–Kier alpha value is -1.36. The molecule has 0 bridgehead atoms. The van der Waals surface area contributed by atoms with E-state index in [4.69, 9.17) is 5.73 Å². The van der Waals surface area contributed by atoms with Crippen molar-refractivity contribution < 1.29 is 4.79 Å². The Morgan fingerprint density at radius 2 is 2.35 bits per heavy atom. The molecule has 1 saturated heterocycles. The van der Waals surface area contributed by atoms with E-state index in [0.717, 1.165) is 26.2 Å². The van der Waals surface area contributed by atoms with Gasteiger partial charge in [-0.3, -0.25) is 4.79 Å². The van der Waals surface area contributed by atoms with Crippen LogP contribution in [0.2, 0.25) is 0 Å². The molecule has 0 radical (unpaired) electrons. The zero-order valence-corrected chi connectivity index (χ0v) is 12.4. The first-order valence-corrected chi connectivity index (χ1v) is 7.72. The number of likely N-dealkylation sites (tertiary alicyclic amines) is 1. The first kappa shape index (κ1) is 15.0. The minimum absolute atomic E-state index is 0.212. The van der Waals surface area contributed by atoms with Crippen LogP contribution in [-0.4, -0.2) is 40.0 Å². The number of unbranched alkanes of at least 4 members (excludes halogenated alkanes) is 1. The first-order valence-electron chi connectivity index (χ1n) is 7.72. The van der Waals surface area contributed by atoms with Crippen molar-refractivity contribution in [1.82, 2.24) is 14.5 Å². The molecule has 1 atom stereocenters. The second-order valence-corrected chi connectivity index (χ2v) is 5.69. The number of piperidine rings is 1. The van der Waals surface area contributed by atoms with Crippen LogP contribution in [0.15, 0.2) is 12.4 Å². The summed E-state index contributed by atoms with van der Waals surface area (Å²) in [4.78, 5) is 17.8. The topological polar surface area (TPSA) is 64.2 Å². The highest BCUT2D eigenvalue weighted by Crippen LogP contribution is 2.26. The van der Waals surface area contributed by atoms with Crippen LogP contribution >= 0.6 is 0 Å². The van der Waals surface area contributed by atoms with E-state index in [9.17, 15) is 4.79 Å². The van der Waals surface area contributed by atoms with Gasteiger partial charge in [-0.25, -0.2) is 4.98 Å². The largest absolute Gasteiger partial charge is 0.370 e. The van der Waals surface area contributed by atoms with Crippen molar-refractivity contribution in [2.45, 2.75) is 51.5 Å². The van der Waals surface area contributed by atoms with Gasteiger partial charge < -0.3 is 15.2 Å². The summed E-state index contributed by atoms with van der Waals surface area (Å²) >= 11 is 0. The number of imidazole rings is 1. The van der Waals surface area contributed by atoms with E-state index in [1.54, 1.807) is 0 Å². The lowest BCUT2D eigenvalue weighted by Gasteiger charge is -2.32. The predicted octanol–water partition coefficient (Wildman–Crippen LogP) is 1.74. The van der Waals surface area contributed by atoms with Gasteiger partial charge in [-0.15, -0.1) is 0 Å². The van der Waals surface area contributed by atoms with Gasteiger partial charge in [0.2, 0.25) is 5.91 Å². The van der Waals surface area contributed by atoms with E-state index in [1.807, 2.05) is 6.20 Å². The number of nitrogens with zero attached hydrogens (tertiary/aromatic N) is 3. The molecule has 0 aromatic carbocycles. The maximum Gasteiger partial charge on any atom is 0.218 e. The lowest BCUT2D eigenvalue weighted by Crippen LogP contribution is -2.37. The Balaban J connectivity index is 1.94. The van der Waals surface area contributed by atoms with Crippen molar-refractivity contribution >= 4 is 5.91 Å². The average molecular weight is 278 g/mol. The molecule has 1 aliphatic rings. The van der Waals surface area contributed by atoms with Crippen molar-refractivity contribution in [2.75, 3.05) is 19.6 Å². The second kappa shape index (κ2) is 7.43. The third-order valence-corrected chi connectivity index (χ3v) is 4.05. The molecule has 0 spiro atoms. The fourth-order valence-electron chi connectivity index (χ4n) is 2.94. The van der Waals surface area contributed by atoms with E-state index >= 15 is 0 Å². The maximum absolute atomic E-state index is 10.9. The average Bonchev–Trinajstić information content (AvgIpc) is 2.91. The first-order chi connectivity index (χ1) is 9.70. The minimum Gasteiger partial charge on any atom is -0.370 e. The zero-order valence-electron chi connectivity index (χ0n) is 12.4. The van der Waals surface area contributed by atoms with Crippen LogP contribution in [0.1, 0.15) is 50.8 Å². The molecule has 1 aromatic rings. The van der Waals surface area contributed by atoms with Crippen LogP contribution < -0.4 is 5.73 Å². The number of nitrogens with two attached hydrogens (primary N) is 1. The van der Waals surface area contributed by atoms with Crippen LogP contribution in [-0.2, 0) is 11.3 Å². The molecular formula is C15H26N4O. The van der Waals surface area contributed by atoms with Crippen molar-refractivity contribution in [3.63, 3.8) is 0 Å². The van der Waals surface area contributed by atoms with Crippen molar-refractivity contribution in [1.29, 1.82) is 0 Å². The number of primary amides is 1. The number of amides is 1. The van der Waals surface area contributed by atoms with Crippen LogP contribution in [0.4, 0.5) is 0 Å². The molecule has 2 rings (SSSR count). The molecule has 112 valence electrons. The Kier molecular flexibility index (Phi) is 5.59. The van der Waals surface area contributed by atoms with E-state index in [2.05, 4.69) is 27.6 Å².